The number of sulfonamides is 1. The molecule has 30 heavy (non-hydrogen) atoms. The molecule has 1 atom stereocenters. The Labute approximate surface area is 181 Å². The first-order valence-corrected chi connectivity index (χ1v) is 12.9. The van der Waals surface area contributed by atoms with Crippen LogP contribution in [-0.2, 0) is 19.6 Å². The summed E-state index contributed by atoms with van der Waals surface area (Å²) in [4.78, 5) is 18.5. The zero-order valence-corrected chi connectivity index (χ0v) is 19.5. The number of rotatable bonds is 9. The van der Waals surface area contributed by atoms with Crippen molar-refractivity contribution in [2.24, 2.45) is 10.9 Å². The van der Waals surface area contributed by atoms with Crippen molar-refractivity contribution >= 4 is 21.9 Å². The van der Waals surface area contributed by atoms with E-state index in [1.807, 2.05) is 25.7 Å². The van der Waals surface area contributed by atoms with Gasteiger partial charge in [-0.15, -0.1) is 0 Å². The van der Waals surface area contributed by atoms with Gasteiger partial charge in [-0.25, -0.2) is 13.1 Å². The van der Waals surface area contributed by atoms with Crippen LogP contribution in [0.5, 0.6) is 0 Å². The predicted molar refractivity (Wildman–Crippen MR) is 119 cm³/mol. The first-order valence-electron chi connectivity index (χ1n) is 11.2. The minimum absolute atomic E-state index is 0.0219. The highest BCUT2D eigenvalue weighted by molar-refractivity contribution is 7.89. The molecule has 1 amide bonds. The third-order valence-corrected chi connectivity index (χ3v) is 6.75. The van der Waals surface area contributed by atoms with Crippen molar-refractivity contribution in [3.8, 4) is 0 Å². The van der Waals surface area contributed by atoms with E-state index in [-0.39, 0.29) is 36.3 Å². The highest BCUT2D eigenvalue weighted by atomic mass is 32.2. The lowest BCUT2D eigenvalue weighted by Crippen LogP contribution is -2.50. The molecule has 9 nitrogen and oxygen atoms in total. The fraction of sp³-hybridized carbons (Fsp3) is 0.900. The maximum Gasteiger partial charge on any atom is 0.225 e. The van der Waals surface area contributed by atoms with Gasteiger partial charge in [0.25, 0.3) is 0 Å². The van der Waals surface area contributed by atoms with Crippen LogP contribution in [0.2, 0.25) is 0 Å². The van der Waals surface area contributed by atoms with Crippen LogP contribution in [0.15, 0.2) is 4.99 Å². The van der Waals surface area contributed by atoms with Crippen LogP contribution in [0.4, 0.5) is 0 Å². The van der Waals surface area contributed by atoms with Crippen LogP contribution < -0.4 is 15.4 Å². The Morgan fingerprint density at radius 2 is 1.93 bits per heavy atom. The molecule has 2 aliphatic heterocycles. The van der Waals surface area contributed by atoms with E-state index in [0.29, 0.717) is 25.7 Å². The number of carbonyl (C=O) groups excluding carboxylic acids is 1. The highest BCUT2D eigenvalue weighted by Crippen LogP contribution is 2.13. The van der Waals surface area contributed by atoms with Crippen LogP contribution in [0.1, 0.15) is 52.9 Å². The smallest absolute Gasteiger partial charge is 0.225 e. The quantitative estimate of drug-likeness (QED) is 0.355. The van der Waals surface area contributed by atoms with Crippen molar-refractivity contribution < 1.29 is 17.9 Å². The average molecular weight is 446 g/mol. The molecule has 0 bridgehead atoms. The fourth-order valence-electron chi connectivity index (χ4n) is 3.66. The molecule has 2 rings (SSSR count). The zero-order valence-electron chi connectivity index (χ0n) is 18.7. The van der Waals surface area contributed by atoms with Crippen LogP contribution in [-0.4, -0.2) is 82.4 Å². The average Bonchev–Trinajstić information content (AvgIpc) is 2.73. The van der Waals surface area contributed by atoms with Crippen LogP contribution in [0, 0.1) is 5.92 Å². The molecule has 0 radical (unpaired) electrons. The Kier molecular flexibility index (Phi) is 10.3. The maximum atomic E-state index is 12.2. The van der Waals surface area contributed by atoms with Crippen LogP contribution in [0.3, 0.4) is 0 Å². The number of ether oxygens (including phenoxy) is 1. The fourth-order valence-corrected chi connectivity index (χ4v) is 4.58. The normalized spacial score (nSPS) is 21.7. The number of hydrogen-bond acceptors (Lipinski definition) is 5. The number of piperidine rings is 1. The molecule has 2 heterocycles. The summed E-state index contributed by atoms with van der Waals surface area (Å²) in [5, 5.41) is 6.56. The number of nitrogens with zero attached hydrogens (tertiary/aromatic N) is 2. The third kappa shape index (κ3) is 8.77. The Balaban J connectivity index is 1.76. The monoisotopic (exact) mass is 445 g/mol. The van der Waals surface area contributed by atoms with E-state index in [1.54, 1.807) is 0 Å². The van der Waals surface area contributed by atoms with Gasteiger partial charge in [0.15, 0.2) is 5.96 Å². The van der Waals surface area contributed by atoms with Crippen molar-refractivity contribution in [2.75, 3.05) is 45.1 Å². The minimum Gasteiger partial charge on any atom is -0.377 e. The SMILES string of the molecule is CCNC(=NCCS(=O)(=O)NCC1CCCCO1)NC1CCN(C(=O)C(C)C)CC1. The van der Waals surface area contributed by atoms with E-state index in [1.165, 1.54) is 0 Å². The Morgan fingerprint density at radius 3 is 2.53 bits per heavy atom. The molecule has 0 saturated carbocycles. The van der Waals surface area contributed by atoms with Gasteiger partial charge in [-0.1, -0.05) is 13.8 Å². The van der Waals surface area contributed by atoms with Crippen molar-refractivity contribution in [2.45, 2.75) is 65.0 Å². The summed E-state index contributed by atoms with van der Waals surface area (Å²) in [6.45, 7) is 9.20. The third-order valence-electron chi connectivity index (χ3n) is 5.42. The largest absolute Gasteiger partial charge is 0.377 e. The summed E-state index contributed by atoms with van der Waals surface area (Å²) >= 11 is 0. The molecular weight excluding hydrogens is 406 g/mol. The Hall–Kier alpha value is -1.39. The topological polar surface area (TPSA) is 112 Å². The zero-order chi connectivity index (χ0) is 22.0. The number of nitrogens with one attached hydrogen (secondary N) is 3. The van der Waals surface area contributed by atoms with Crippen LogP contribution in [0.25, 0.3) is 0 Å². The van der Waals surface area contributed by atoms with Gasteiger partial charge >= 0.3 is 0 Å². The molecule has 0 spiro atoms. The van der Waals surface area contributed by atoms with Gasteiger partial charge in [0.2, 0.25) is 15.9 Å². The summed E-state index contributed by atoms with van der Waals surface area (Å²) in [7, 11) is -3.39. The maximum absolute atomic E-state index is 12.2. The molecule has 0 aromatic carbocycles. The summed E-state index contributed by atoms with van der Waals surface area (Å²) in [6.07, 6.45) is 4.71. The minimum atomic E-state index is -3.39. The second-order valence-corrected chi connectivity index (χ2v) is 10.2. The predicted octanol–water partition coefficient (Wildman–Crippen LogP) is 0.677. The van der Waals surface area contributed by atoms with Gasteiger partial charge in [0.1, 0.15) is 0 Å². The summed E-state index contributed by atoms with van der Waals surface area (Å²) < 4.78 is 32.7. The summed E-state index contributed by atoms with van der Waals surface area (Å²) in [5.74, 6) is 0.786. The Morgan fingerprint density at radius 1 is 1.20 bits per heavy atom. The van der Waals surface area contributed by atoms with Crippen molar-refractivity contribution in [3.63, 3.8) is 0 Å². The first-order chi connectivity index (χ1) is 14.3. The van der Waals surface area contributed by atoms with Crippen molar-refractivity contribution in [1.29, 1.82) is 0 Å². The lowest BCUT2D eigenvalue weighted by Gasteiger charge is -2.34. The van der Waals surface area contributed by atoms with Gasteiger partial charge < -0.3 is 20.3 Å². The molecule has 2 fully saturated rings. The number of hydrogen-bond donors (Lipinski definition) is 3. The molecule has 0 aliphatic carbocycles. The standard InChI is InChI=1S/C20H39N5O4S/c1-4-21-20(24-17-8-11-25(12-9-17)19(26)16(2)3)22-10-14-30(27,28)23-15-18-7-5-6-13-29-18/h16-18,23H,4-15H2,1-3H3,(H2,21,22,24). The van der Waals surface area contributed by atoms with Gasteiger partial charge in [0.05, 0.1) is 18.4 Å². The van der Waals surface area contributed by atoms with E-state index in [9.17, 15) is 13.2 Å². The molecule has 3 N–H and O–H groups in total. The molecule has 2 saturated heterocycles. The van der Waals surface area contributed by atoms with E-state index >= 15 is 0 Å². The van der Waals surface area contributed by atoms with Crippen LogP contribution >= 0.6 is 0 Å². The number of likely N-dealkylation sites (tertiary alicyclic amines) is 1. The summed E-state index contributed by atoms with van der Waals surface area (Å²) in [6, 6.07) is 0.220. The van der Waals surface area contributed by atoms with Crippen molar-refractivity contribution in [1.82, 2.24) is 20.3 Å². The molecule has 10 heteroatoms. The number of amides is 1. The Bertz CT molecular complexity index is 654. The van der Waals surface area contributed by atoms with E-state index in [0.717, 1.165) is 45.2 Å². The molecule has 1 unspecified atom stereocenters. The molecule has 0 aromatic heterocycles. The summed E-state index contributed by atoms with van der Waals surface area (Å²) in [5.41, 5.74) is 0. The molecule has 2 aliphatic rings. The van der Waals surface area contributed by atoms with Gasteiger partial charge in [-0.05, 0) is 39.0 Å². The first kappa shape index (κ1) is 24.9. The molecule has 174 valence electrons. The molecule has 0 aromatic rings. The molecular formula is C20H39N5O4S. The van der Waals surface area contributed by atoms with Gasteiger partial charge in [-0.2, -0.15) is 0 Å². The van der Waals surface area contributed by atoms with Gasteiger partial charge in [-0.3, -0.25) is 9.79 Å². The second kappa shape index (κ2) is 12.5. The number of carbonyl (C=O) groups is 1. The number of aliphatic imine (C=N–C) groups is 1. The number of guanidine groups is 1. The lowest BCUT2D eigenvalue weighted by molar-refractivity contribution is -0.135. The second-order valence-electron chi connectivity index (χ2n) is 8.32. The van der Waals surface area contributed by atoms with E-state index in [4.69, 9.17) is 4.74 Å². The van der Waals surface area contributed by atoms with E-state index in [2.05, 4.69) is 20.3 Å². The van der Waals surface area contributed by atoms with Gasteiger partial charge in [0, 0.05) is 44.7 Å². The van der Waals surface area contributed by atoms with E-state index < -0.39 is 10.0 Å². The van der Waals surface area contributed by atoms with Crippen molar-refractivity contribution in [3.05, 3.63) is 0 Å². The highest BCUT2D eigenvalue weighted by Gasteiger charge is 2.24. The lowest BCUT2D eigenvalue weighted by atomic mass is 10.0.